The van der Waals surface area contributed by atoms with Crippen molar-refractivity contribution in [2.45, 2.75) is 70.1 Å². The van der Waals surface area contributed by atoms with Crippen LogP contribution in [0.1, 0.15) is 51.9 Å². The van der Waals surface area contributed by atoms with Crippen LogP contribution >= 0.6 is 0 Å². The monoisotopic (exact) mass is 255 g/mol. The number of methoxy groups -OCH3 is 1. The van der Waals surface area contributed by atoms with Crippen molar-refractivity contribution in [1.29, 1.82) is 0 Å². The highest BCUT2D eigenvalue weighted by Crippen LogP contribution is 2.29. The van der Waals surface area contributed by atoms with Crippen LogP contribution in [0.5, 0.6) is 0 Å². The van der Waals surface area contributed by atoms with Gasteiger partial charge in [-0.05, 0) is 32.1 Å². The summed E-state index contributed by atoms with van der Waals surface area (Å²) in [6.07, 6.45) is 8.91. The van der Waals surface area contributed by atoms with Crippen LogP contribution in [-0.2, 0) is 4.74 Å². The summed E-state index contributed by atoms with van der Waals surface area (Å²) in [5, 5.41) is 10.2. The Morgan fingerprint density at radius 1 is 1.28 bits per heavy atom. The van der Waals surface area contributed by atoms with Gasteiger partial charge in [0, 0.05) is 26.2 Å². The lowest BCUT2D eigenvalue weighted by Gasteiger charge is -2.38. The molecule has 0 bridgehead atoms. The summed E-state index contributed by atoms with van der Waals surface area (Å²) >= 11 is 0. The minimum Gasteiger partial charge on any atom is -0.392 e. The third kappa shape index (κ3) is 3.94. The molecule has 3 unspecified atom stereocenters. The number of piperidine rings is 1. The van der Waals surface area contributed by atoms with E-state index in [4.69, 9.17) is 4.74 Å². The maximum Gasteiger partial charge on any atom is 0.0669 e. The highest BCUT2D eigenvalue weighted by atomic mass is 16.5. The van der Waals surface area contributed by atoms with Gasteiger partial charge in [0.2, 0.25) is 0 Å². The van der Waals surface area contributed by atoms with E-state index in [-0.39, 0.29) is 6.10 Å². The molecule has 0 radical (unpaired) electrons. The number of nitrogens with zero attached hydrogens (tertiary/aromatic N) is 1. The molecule has 2 fully saturated rings. The van der Waals surface area contributed by atoms with Crippen molar-refractivity contribution < 1.29 is 9.84 Å². The van der Waals surface area contributed by atoms with Gasteiger partial charge in [-0.25, -0.2) is 0 Å². The Bertz CT molecular complexity index is 241. The zero-order valence-electron chi connectivity index (χ0n) is 12.0. The maximum absolute atomic E-state index is 10.2. The summed E-state index contributed by atoms with van der Waals surface area (Å²) < 4.78 is 5.43. The fourth-order valence-electron chi connectivity index (χ4n) is 3.64. The lowest BCUT2D eigenvalue weighted by Crippen LogP contribution is -2.46. The summed E-state index contributed by atoms with van der Waals surface area (Å²) in [7, 11) is 1.81. The number of ether oxygens (including phenoxy) is 1. The van der Waals surface area contributed by atoms with E-state index in [0.29, 0.717) is 12.1 Å². The van der Waals surface area contributed by atoms with E-state index < -0.39 is 0 Å². The standard InChI is InChI=1S/C15H29NO2/c1-12-9-15(18-2)7-8-16(12)11-14(17)10-13-5-3-4-6-13/h12-15,17H,3-11H2,1-2H3. The number of β-amino-alcohol motifs (C(OH)–C–C–N with tert-alkyl or cyclic N) is 1. The molecule has 0 spiro atoms. The second-order valence-corrected chi connectivity index (χ2v) is 6.27. The molecule has 1 aliphatic heterocycles. The molecular formula is C15H29NO2. The summed E-state index contributed by atoms with van der Waals surface area (Å²) in [5.74, 6) is 0.784. The Labute approximate surface area is 112 Å². The summed E-state index contributed by atoms with van der Waals surface area (Å²) in [4.78, 5) is 2.44. The maximum atomic E-state index is 10.2. The molecule has 1 saturated carbocycles. The van der Waals surface area contributed by atoms with E-state index in [2.05, 4.69) is 11.8 Å². The second kappa shape index (κ2) is 6.88. The Kier molecular flexibility index (Phi) is 5.46. The molecule has 3 nitrogen and oxygen atoms in total. The SMILES string of the molecule is COC1CCN(CC(O)CC2CCCC2)C(C)C1. The number of likely N-dealkylation sites (tertiary alicyclic amines) is 1. The van der Waals surface area contributed by atoms with Gasteiger partial charge in [-0.3, -0.25) is 4.90 Å². The molecule has 18 heavy (non-hydrogen) atoms. The first-order valence-electron chi connectivity index (χ1n) is 7.64. The number of hydrogen-bond acceptors (Lipinski definition) is 3. The molecule has 2 aliphatic rings. The topological polar surface area (TPSA) is 32.7 Å². The van der Waals surface area contributed by atoms with Gasteiger partial charge in [0.05, 0.1) is 12.2 Å². The van der Waals surface area contributed by atoms with Gasteiger partial charge in [0.1, 0.15) is 0 Å². The lowest BCUT2D eigenvalue weighted by molar-refractivity contribution is -0.00491. The van der Waals surface area contributed by atoms with E-state index in [1.807, 2.05) is 7.11 Å². The molecular weight excluding hydrogens is 226 g/mol. The lowest BCUT2D eigenvalue weighted by atomic mass is 9.97. The summed E-state index contributed by atoms with van der Waals surface area (Å²) in [6.45, 7) is 4.18. The van der Waals surface area contributed by atoms with Crippen LogP contribution in [0.25, 0.3) is 0 Å². The Morgan fingerprint density at radius 2 is 2.00 bits per heavy atom. The molecule has 0 aromatic carbocycles. The molecule has 1 saturated heterocycles. The molecule has 2 rings (SSSR count). The van der Waals surface area contributed by atoms with Crippen molar-refractivity contribution >= 4 is 0 Å². The predicted molar refractivity (Wildman–Crippen MR) is 73.6 cm³/mol. The van der Waals surface area contributed by atoms with Gasteiger partial charge in [0.15, 0.2) is 0 Å². The van der Waals surface area contributed by atoms with Crippen LogP contribution < -0.4 is 0 Å². The summed E-state index contributed by atoms with van der Waals surface area (Å²) in [5.41, 5.74) is 0. The van der Waals surface area contributed by atoms with Gasteiger partial charge in [-0.1, -0.05) is 25.7 Å². The molecule has 3 atom stereocenters. The minimum absolute atomic E-state index is 0.130. The third-order valence-electron chi connectivity index (χ3n) is 4.82. The average molecular weight is 255 g/mol. The molecule has 0 aromatic heterocycles. The summed E-state index contributed by atoms with van der Waals surface area (Å²) in [6, 6.07) is 0.543. The second-order valence-electron chi connectivity index (χ2n) is 6.27. The normalized spacial score (nSPS) is 32.8. The Morgan fingerprint density at radius 3 is 2.61 bits per heavy atom. The largest absolute Gasteiger partial charge is 0.392 e. The first-order chi connectivity index (χ1) is 8.69. The van der Waals surface area contributed by atoms with Gasteiger partial charge >= 0.3 is 0 Å². The number of aliphatic hydroxyl groups is 1. The van der Waals surface area contributed by atoms with Crippen LogP contribution in [0, 0.1) is 5.92 Å². The zero-order chi connectivity index (χ0) is 13.0. The van der Waals surface area contributed by atoms with E-state index in [9.17, 15) is 5.11 Å². The van der Waals surface area contributed by atoms with Gasteiger partial charge in [0.25, 0.3) is 0 Å². The molecule has 0 amide bonds. The fraction of sp³-hybridized carbons (Fsp3) is 1.00. The van der Waals surface area contributed by atoms with E-state index >= 15 is 0 Å². The first kappa shape index (κ1) is 14.3. The van der Waals surface area contributed by atoms with Crippen LogP contribution in [0.4, 0.5) is 0 Å². The van der Waals surface area contributed by atoms with Gasteiger partial charge < -0.3 is 9.84 Å². The van der Waals surface area contributed by atoms with Crippen molar-refractivity contribution in [3.8, 4) is 0 Å². The number of hydrogen-bond donors (Lipinski definition) is 1. The molecule has 0 aromatic rings. The van der Waals surface area contributed by atoms with Gasteiger partial charge in [-0.2, -0.15) is 0 Å². The molecule has 106 valence electrons. The van der Waals surface area contributed by atoms with Crippen molar-refractivity contribution in [2.75, 3.05) is 20.2 Å². The van der Waals surface area contributed by atoms with E-state index in [0.717, 1.165) is 38.3 Å². The van der Waals surface area contributed by atoms with Crippen molar-refractivity contribution in [1.82, 2.24) is 4.90 Å². The number of aliphatic hydroxyl groups excluding tert-OH is 1. The number of rotatable bonds is 5. The third-order valence-corrected chi connectivity index (χ3v) is 4.82. The minimum atomic E-state index is -0.130. The Balaban J connectivity index is 1.71. The molecule has 1 N–H and O–H groups in total. The highest BCUT2D eigenvalue weighted by Gasteiger charge is 2.27. The Hall–Kier alpha value is -0.120. The fourth-order valence-corrected chi connectivity index (χ4v) is 3.64. The molecule has 1 aliphatic carbocycles. The molecule has 3 heteroatoms. The van der Waals surface area contributed by atoms with Gasteiger partial charge in [-0.15, -0.1) is 0 Å². The van der Waals surface area contributed by atoms with Crippen LogP contribution in [0.15, 0.2) is 0 Å². The quantitative estimate of drug-likeness (QED) is 0.819. The van der Waals surface area contributed by atoms with Crippen LogP contribution in [0.3, 0.4) is 0 Å². The van der Waals surface area contributed by atoms with Crippen molar-refractivity contribution in [2.24, 2.45) is 5.92 Å². The van der Waals surface area contributed by atoms with Crippen LogP contribution in [0.2, 0.25) is 0 Å². The van der Waals surface area contributed by atoms with E-state index in [1.165, 1.54) is 25.7 Å². The van der Waals surface area contributed by atoms with E-state index in [1.54, 1.807) is 0 Å². The van der Waals surface area contributed by atoms with Crippen molar-refractivity contribution in [3.63, 3.8) is 0 Å². The first-order valence-corrected chi connectivity index (χ1v) is 7.64. The molecule has 1 heterocycles. The smallest absolute Gasteiger partial charge is 0.0669 e. The zero-order valence-corrected chi connectivity index (χ0v) is 12.0. The van der Waals surface area contributed by atoms with Crippen LogP contribution in [-0.4, -0.2) is 48.5 Å². The highest BCUT2D eigenvalue weighted by molar-refractivity contribution is 4.82. The predicted octanol–water partition coefficient (Wildman–Crippen LogP) is 2.43. The van der Waals surface area contributed by atoms with Crippen molar-refractivity contribution in [3.05, 3.63) is 0 Å². The average Bonchev–Trinajstić information content (AvgIpc) is 2.84.